The molecule has 1 aliphatic rings. The van der Waals surface area contributed by atoms with Gasteiger partial charge in [-0.25, -0.2) is 4.39 Å². The fraction of sp³-hybridized carbons (Fsp3) is 0.435. The molecule has 31 heavy (non-hydrogen) atoms. The van der Waals surface area contributed by atoms with Crippen LogP contribution in [0.15, 0.2) is 36.4 Å². The molecule has 1 saturated heterocycles. The van der Waals surface area contributed by atoms with E-state index in [0.717, 1.165) is 42.5 Å². The number of methoxy groups -OCH3 is 1. The summed E-state index contributed by atoms with van der Waals surface area (Å²) in [7, 11) is 1.54. The van der Waals surface area contributed by atoms with Crippen LogP contribution < -0.4 is 20.5 Å². The smallest absolute Gasteiger partial charge is 0.256 e. The Bertz CT molecular complexity index is 900. The van der Waals surface area contributed by atoms with Crippen molar-refractivity contribution in [2.75, 3.05) is 39.1 Å². The quantitative estimate of drug-likeness (QED) is 0.300. The molecule has 1 amide bonds. The van der Waals surface area contributed by atoms with Crippen molar-refractivity contribution >= 4 is 34.2 Å². The molecule has 0 atom stereocenters. The van der Waals surface area contributed by atoms with E-state index in [0.29, 0.717) is 29.4 Å². The van der Waals surface area contributed by atoms with Crippen LogP contribution in [0.1, 0.15) is 36.5 Å². The van der Waals surface area contributed by atoms with E-state index in [1.54, 1.807) is 31.4 Å². The fourth-order valence-corrected chi connectivity index (χ4v) is 4.59. The molecule has 1 aliphatic heterocycles. The number of benzene rings is 2. The molecule has 8 heteroatoms. The van der Waals surface area contributed by atoms with Gasteiger partial charge in [0, 0.05) is 40.5 Å². The summed E-state index contributed by atoms with van der Waals surface area (Å²) in [5.74, 6) is 0.775. The first-order chi connectivity index (χ1) is 14.8. The summed E-state index contributed by atoms with van der Waals surface area (Å²) in [5, 5.41) is 3.21. The number of rotatable bonds is 8. The number of amides is 1. The number of piperidine rings is 1. The first-order valence-corrected chi connectivity index (χ1v) is 11.4. The van der Waals surface area contributed by atoms with Crippen molar-refractivity contribution in [2.45, 2.75) is 31.7 Å². The van der Waals surface area contributed by atoms with E-state index >= 15 is 0 Å². The SMILES string of the molecule is COc1cc(N)cc(I)c1C(=O)NC1(C)CCN(CCCOc2ccc(F)cc2)CC1. The lowest BCUT2D eigenvalue weighted by molar-refractivity contribution is 0.0826. The number of likely N-dealkylation sites (tertiary alicyclic amines) is 1. The highest BCUT2D eigenvalue weighted by Crippen LogP contribution is 2.29. The summed E-state index contributed by atoms with van der Waals surface area (Å²) in [6, 6.07) is 9.53. The second-order valence-corrected chi connectivity index (χ2v) is 9.25. The third kappa shape index (κ3) is 6.46. The normalized spacial score (nSPS) is 16.0. The lowest BCUT2D eigenvalue weighted by Gasteiger charge is -2.40. The number of hydrogen-bond acceptors (Lipinski definition) is 5. The minimum absolute atomic E-state index is 0.134. The van der Waals surface area contributed by atoms with E-state index in [1.807, 2.05) is 0 Å². The number of nitrogens with two attached hydrogens (primary N) is 1. The number of carbonyl (C=O) groups is 1. The molecular weight excluding hydrogens is 512 g/mol. The van der Waals surface area contributed by atoms with Crippen molar-refractivity contribution in [1.82, 2.24) is 10.2 Å². The molecule has 2 aromatic carbocycles. The van der Waals surface area contributed by atoms with Crippen molar-refractivity contribution in [1.29, 1.82) is 0 Å². The number of carbonyl (C=O) groups excluding carboxylic acids is 1. The van der Waals surface area contributed by atoms with Gasteiger partial charge in [0.05, 0.1) is 19.3 Å². The van der Waals surface area contributed by atoms with Gasteiger partial charge in [-0.3, -0.25) is 4.79 Å². The van der Waals surface area contributed by atoms with E-state index < -0.39 is 0 Å². The maximum Gasteiger partial charge on any atom is 0.256 e. The second kappa shape index (κ2) is 10.5. The molecule has 1 fully saturated rings. The molecular formula is C23H29FIN3O3. The molecule has 1 heterocycles. The minimum atomic E-state index is -0.270. The predicted molar refractivity (Wildman–Crippen MR) is 128 cm³/mol. The first kappa shape index (κ1) is 23.6. The summed E-state index contributed by atoms with van der Waals surface area (Å²) >= 11 is 2.12. The van der Waals surface area contributed by atoms with Gasteiger partial charge in [0.25, 0.3) is 5.91 Å². The lowest BCUT2D eigenvalue weighted by atomic mass is 9.89. The Kier molecular flexibility index (Phi) is 7.99. The maximum atomic E-state index is 13.0. The van der Waals surface area contributed by atoms with Gasteiger partial charge >= 0.3 is 0 Å². The number of nitrogen functional groups attached to an aromatic ring is 1. The second-order valence-electron chi connectivity index (χ2n) is 8.09. The Labute approximate surface area is 196 Å². The highest BCUT2D eigenvalue weighted by atomic mass is 127. The van der Waals surface area contributed by atoms with E-state index in [1.165, 1.54) is 12.1 Å². The van der Waals surface area contributed by atoms with Gasteiger partial charge in [0.2, 0.25) is 0 Å². The first-order valence-electron chi connectivity index (χ1n) is 10.4. The third-order valence-corrected chi connectivity index (χ3v) is 6.45. The van der Waals surface area contributed by atoms with Gasteiger partial charge < -0.3 is 25.4 Å². The molecule has 3 N–H and O–H groups in total. The van der Waals surface area contributed by atoms with Crippen LogP contribution in [-0.4, -0.2) is 49.7 Å². The van der Waals surface area contributed by atoms with Crippen LogP contribution in [0.3, 0.4) is 0 Å². The van der Waals surface area contributed by atoms with Gasteiger partial charge in [-0.1, -0.05) is 0 Å². The Morgan fingerprint density at radius 3 is 2.58 bits per heavy atom. The molecule has 168 valence electrons. The Morgan fingerprint density at radius 1 is 1.26 bits per heavy atom. The molecule has 0 aromatic heterocycles. The van der Waals surface area contributed by atoms with Crippen LogP contribution in [-0.2, 0) is 0 Å². The average molecular weight is 541 g/mol. The summed E-state index contributed by atoms with van der Waals surface area (Å²) in [4.78, 5) is 15.4. The van der Waals surface area contributed by atoms with E-state index in [-0.39, 0.29) is 17.3 Å². The minimum Gasteiger partial charge on any atom is -0.496 e. The van der Waals surface area contributed by atoms with Crippen molar-refractivity contribution in [3.05, 3.63) is 51.3 Å². The van der Waals surface area contributed by atoms with Crippen LogP contribution in [0.2, 0.25) is 0 Å². The van der Waals surface area contributed by atoms with E-state index in [9.17, 15) is 9.18 Å². The van der Waals surface area contributed by atoms with E-state index in [2.05, 4.69) is 39.7 Å². The molecule has 0 bridgehead atoms. The molecule has 3 rings (SSSR count). The maximum absolute atomic E-state index is 13.0. The monoisotopic (exact) mass is 541 g/mol. The van der Waals surface area contributed by atoms with Crippen LogP contribution in [0.4, 0.5) is 10.1 Å². The molecule has 0 saturated carbocycles. The number of nitrogens with zero attached hydrogens (tertiary/aromatic N) is 1. The van der Waals surface area contributed by atoms with Gasteiger partial charge in [0.1, 0.15) is 17.3 Å². The number of ether oxygens (including phenoxy) is 2. The Balaban J connectivity index is 1.46. The molecule has 6 nitrogen and oxygen atoms in total. The average Bonchev–Trinajstić information content (AvgIpc) is 2.73. The number of nitrogens with one attached hydrogen (secondary N) is 1. The predicted octanol–water partition coefficient (Wildman–Crippen LogP) is 4.07. The van der Waals surface area contributed by atoms with Crippen LogP contribution in [0, 0.1) is 9.39 Å². The zero-order valence-corrected chi connectivity index (χ0v) is 20.1. The van der Waals surface area contributed by atoms with Gasteiger partial charge in [-0.15, -0.1) is 0 Å². The van der Waals surface area contributed by atoms with Crippen molar-refractivity contribution in [3.63, 3.8) is 0 Å². The summed E-state index contributed by atoms with van der Waals surface area (Å²) < 4.78 is 24.7. The zero-order chi connectivity index (χ0) is 22.4. The van der Waals surface area contributed by atoms with Crippen molar-refractivity contribution in [3.8, 4) is 11.5 Å². The molecule has 0 unspecified atom stereocenters. The lowest BCUT2D eigenvalue weighted by Crippen LogP contribution is -2.53. The highest BCUT2D eigenvalue weighted by molar-refractivity contribution is 14.1. The highest BCUT2D eigenvalue weighted by Gasteiger charge is 2.32. The molecule has 2 aromatic rings. The Hall–Kier alpha value is -2.07. The number of anilines is 1. The summed E-state index contributed by atoms with van der Waals surface area (Å²) in [5.41, 5.74) is 6.70. The van der Waals surface area contributed by atoms with Gasteiger partial charge in [-0.2, -0.15) is 0 Å². The summed E-state index contributed by atoms with van der Waals surface area (Å²) in [6.45, 7) is 5.42. The van der Waals surface area contributed by atoms with Crippen molar-refractivity contribution in [2.24, 2.45) is 0 Å². The standard InChI is InChI=1S/C23H29FIN3O3/c1-23(27-22(29)21-19(25)14-17(26)15-20(21)30-2)8-11-28(12-9-23)10-3-13-31-18-6-4-16(24)5-7-18/h4-7,14-15H,3,8-13,26H2,1-2H3,(H,27,29). The number of hydrogen-bond donors (Lipinski definition) is 2. The third-order valence-electron chi connectivity index (χ3n) is 5.60. The zero-order valence-electron chi connectivity index (χ0n) is 17.9. The summed E-state index contributed by atoms with van der Waals surface area (Å²) in [6.07, 6.45) is 2.62. The van der Waals surface area contributed by atoms with Gasteiger partial charge in [0.15, 0.2) is 0 Å². The van der Waals surface area contributed by atoms with E-state index in [4.69, 9.17) is 15.2 Å². The van der Waals surface area contributed by atoms with Gasteiger partial charge in [-0.05, 0) is 79.1 Å². The topological polar surface area (TPSA) is 76.8 Å². The van der Waals surface area contributed by atoms with Crippen molar-refractivity contribution < 1.29 is 18.7 Å². The number of halogens is 2. The molecule has 0 radical (unpaired) electrons. The fourth-order valence-electron chi connectivity index (χ4n) is 3.72. The molecule has 0 spiro atoms. The van der Waals surface area contributed by atoms with Crippen LogP contribution in [0.5, 0.6) is 11.5 Å². The Morgan fingerprint density at radius 2 is 1.94 bits per heavy atom. The van der Waals surface area contributed by atoms with Crippen LogP contribution >= 0.6 is 22.6 Å². The molecule has 0 aliphatic carbocycles. The largest absolute Gasteiger partial charge is 0.496 e. The van der Waals surface area contributed by atoms with Crippen LogP contribution in [0.25, 0.3) is 0 Å².